The SMILES string of the molecule is CNc1cc(F)c(-c2nc3c(F)cnc(Nc4cc(C)ncn4)c3[nH]2)c(Cl)c1. The largest absolute Gasteiger partial charge is 0.388 e. The number of pyridine rings is 1. The van der Waals surface area contributed by atoms with Crippen LogP contribution in [0.5, 0.6) is 0 Å². The molecule has 0 saturated heterocycles. The molecule has 7 nitrogen and oxygen atoms in total. The van der Waals surface area contributed by atoms with E-state index in [1.165, 1.54) is 12.4 Å². The van der Waals surface area contributed by atoms with Crippen LogP contribution in [0.3, 0.4) is 0 Å². The van der Waals surface area contributed by atoms with E-state index in [2.05, 4.69) is 35.6 Å². The Morgan fingerprint density at radius 1 is 1.07 bits per heavy atom. The predicted molar refractivity (Wildman–Crippen MR) is 104 cm³/mol. The summed E-state index contributed by atoms with van der Waals surface area (Å²) in [7, 11) is 1.65. The number of halogens is 3. The van der Waals surface area contributed by atoms with E-state index in [-0.39, 0.29) is 33.3 Å². The van der Waals surface area contributed by atoms with E-state index in [1.807, 2.05) is 6.92 Å². The van der Waals surface area contributed by atoms with Crippen molar-refractivity contribution in [2.75, 3.05) is 17.7 Å². The zero-order valence-electron chi connectivity index (χ0n) is 14.8. The van der Waals surface area contributed by atoms with Gasteiger partial charge in [0.2, 0.25) is 0 Å². The van der Waals surface area contributed by atoms with Crippen molar-refractivity contribution in [2.24, 2.45) is 0 Å². The number of fused-ring (bicyclic) bond motifs is 1. The maximum Gasteiger partial charge on any atom is 0.169 e. The Morgan fingerprint density at radius 3 is 2.61 bits per heavy atom. The van der Waals surface area contributed by atoms with Gasteiger partial charge in [-0.2, -0.15) is 0 Å². The lowest BCUT2D eigenvalue weighted by atomic mass is 10.2. The fourth-order valence-corrected chi connectivity index (χ4v) is 3.06. The average Bonchev–Trinajstić information content (AvgIpc) is 3.09. The average molecular weight is 402 g/mol. The highest BCUT2D eigenvalue weighted by atomic mass is 35.5. The van der Waals surface area contributed by atoms with Gasteiger partial charge < -0.3 is 15.6 Å². The maximum atomic E-state index is 14.6. The Labute approximate surface area is 163 Å². The van der Waals surface area contributed by atoms with E-state index in [0.717, 1.165) is 11.9 Å². The molecule has 0 unspecified atom stereocenters. The van der Waals surface area contributed by atoms with E-state index in [4.69, 9.17) is 11.6 Å². The third kappa shape index (κ3) is 3.20. The number of benzene rings is 1. The van der Waals surface area contributed by atoms with Gasteiger partial charge in [-0.25, -0.2) is 28.7 Å². The minimum atomic E-state index is -0.648. The molecule has 0 aliphatic rings. The molecule has 10 heteroatoms. The molecule has 0 bridgehead atoms. The second-order valence-corrected chi connectivity index (χ2v) is 6.41. The lowest BCUT2D eigenvalue weighted by molar-refractivity contribution is 0.629. The molecule has 0 amide bonds. The summed E-state index contributed by atoms with van der Waals surface area (Å²) >= 11 is 6.22. The number of H-pyrrole nitrogens is 1. The molecule has 3 N–H and O–H groups in total. The second-order valence-electron chi connectivity index (χ2n) is 6.00. The molecule has 0 aliphatic heterocycles. The molecule has 4 aromatic rings. The van der Waals surface area contributed by atoms with Crippen molar-refractivity contribution in [1.29, 1.82) is 0 Å². The summed E-state index contributed by atoms with van der Waals surface area (Å²) in [6.07, 6.45) is 2.43. The highest BCUT2D eigenvalue weighted by molar-refractivity contribution is 6.33. The van der Waals surface area contributed by atoms with Crippen LogP contribution in [0, 0.1) is 18.6 Å². The maximum absolute atomic E-state index is 14.6. The summed E-state index contributed by atoms with van der Waals surface area (Å²) in [6.45, 7) is 1.81. The molecular formula is C18H14ClF2N7. The molecule has 0 radical (unpaired) electrons. The molecule has 0 fully saturated rings. The molecule has 0 spiro atoms. The third-order valence-electron chi connectivity index (χ3n) is 4.09. The quantitative estimate of drug-likeness (QED) is 0.468. The van der Waals surface area contributed by atoms with Gasteiger partial charge in [-0.3, -0.25) is 0 Å². The van der Waals surface area contributed by atoms with Crippen LogP contribution < -0.4 is 10.6 Å². The lowest BCUT2D eigenvalue weighted by Crippen LogP contribution is -1.99. The summed E-state index contributed by atoms with van der Waals surface area (Å²) < 4.78 is 28.9. The van der Waals surface area contributed by atoms with Crippen molar-refractivity contribution in [2.45, 2.75) is 6.92 Å². The topological polar surface area (TPSA) is 91.4 Å². The third-order valence-corrected chi connectivity index (χ3v) is 4.39. The number of hydrogen-bond donors (Lipinski definition) is 3. The molecule has 0 aliphatic carbocycles. The summed E-state index contributed by atoms with van der Waals surface area (Å²) in [5.74, 6) is -0.382. The van der Waals surface area contributed by atoms with Crippen LogP contribution in [0.4, 0.5) is 26.1 Å². The number of aromatic amines is 1. The van der Waals surface area contributed by atoms with Gasteiger partial charge in [-0.05, 0) is 19.1 Å². The molecule has 3 aromatic heterocycles. The number of anilines is 3. The van der Waals surface area contributed by atoms with Crippen LogP contribution in [-0.2, 0) is 0 Å². The number of aryl methyl sites for hydroxylation is 1. The Hall–Kier alpha value is -3.33. The van der Waals surface area contributed by atoms with Crippen LogP contribution in [-0.4, -0.2) is 32.0 Å². The Morgan fingerprint density at radius 2 is 1.89 bits per heavy atom. The number of nitrogens with one attached hydrogen (secondary N) is 3. The van der Waals surface area contributed by atoms with Gasteiger partial charge in [0.25, 0.3) is 0 Å². The Kier molecular flexibility index (Phi) is 4.52. The van der Waals surface area contributed by atoms with Gasteiger partial charge in [-0.15, -0.1) is 0 Å². The molecule has 28 heavy (non-hydrogen) atoms. The van der Waals surface area contributed by atoms with Crippen molar-refractivity contribution in [3.63, 3.8) is 0 Å². The minimum Gasteiger partial charge on any atom is -0.388 e. The smallest absolute Gasteiger partial charge is 0.169 e. The zero-order valence-corrected chi connectivity index (χ0v) is 15.6. The number of hydrogen-bond acceptors (Lipinski definition) is 6. The van der Waals surface area contributed by atoms with Crippen LogP contribution in [0.2, 0.25) is 5.02 Å². The number of nitrogens with zero attached hydrogens (tertiary/aromatic N) is 4. The van der Waals surface area contributed by atoms with Crippen molar-refractivity contribution in [3.8, 4) is 11.4 Å². The fraction of sp³-hybridized carbons (Fsp3) is 0.111. The summed E-state index contributed by atoms with van der Waals surface area (Å²) in [6, 6.07) is 4.55. The first kappa shape index (κ1) is 18.1. The molecule has 0 atom stereocenters. The first-order valence-electron chi connectivity index (χ1n) is 8.23. The van der Waals surface area contributed by atoms with Crippen molar-refractivity contribution < 1.29 is 8.78 Å². The zero-order chi connectivity index (χ0) is 19.8. The summed E-state index contributed by atoms with van der Waals surface area (Å²) in [4.78, 5) is 19.3. The summed E-state index contributed by atoms with van der Waals surface area (Å²) in [5, 5.41) is 5.94. The van der Waals surface area contributed by atoms with Gasteiger partial charge in [0.1, 0.15) is 34.8 Å². The Balaban J connectivity index is 1.84. The molecule has 1 aromatic carbocycles. The Bertz CT molecular complexity index is 1170. The lowest BCUT2D eigenvalue weighted by Gasteiger charge is -2.07. The minimum absolute atomic E-state index is 0.00596. The first-order chi connectivity index (χ1) is 13.5. The summed E-state index contributed by atoms with van der Waals surface area (Å²) in [5.41, 5.74) is 1.57. The fourth-order valence-electron chi connectivity index (χ4n) is 2.77. The predicted octanol–water partition coefficient (Wildman–Crippen LogP) is 4.44. The van der Waals surface area contributed by atoms with Crippen molar-refractivity contribution in [3.05, 3.63) is 53.1 Å². The van der Waals surface area contributed by atoms with Gasteiger partial charge in [-0.1, -0.05) is 11.6 Å². The number of imidazole rings is 1. The monoisotopic (exact) mass is 401 g/mol. The van der Waals surface area contributed by atoms with Crippen LogP contribution >= 0.6 is 11.6 Å². The normalized spacial score (nSPS) is 11.0. The van der Waals surface area contributed by atoms with Crippen LogP contribution in [0.25, 0.3) is 22.4 Å². The molecular weight excluding hydrogens is 388 g/mol. The van der Waals surface area contributed by atoms with Crippen molar-refractivity contribution >= 4 is 40.0 Å². The molecule has 3 heterocycles. The standard InChI is InChI=1S/C18H14ClF2N7/c1-8-3-13(25-7-24-8)26-18-16-15(12(21)6-23-18)27-17(28-16)14-10(19)4-9(22-2)5-11(14)20/h3-7,22H,1-2H3,(H,27,28)(H,23,24,25,26). The second kappa shape index (κ2) is 7.01. The van der Waals surface area contributed by atoms with Crippen LogP contribution in [0.15, 0.2) is 30.7 Å². The molecule has 0 saturated carbocycles. The first-order valence-corrected chi connectivity index (χ1v) is 8.61. The van der Waals surface area contributed by atoms with E-state index < -0.39 is 11.6 Å². The van der Waals surface area contributed by atoms with Gasteiger partial charge >= 0.3 is 0 Å². The van der Waals surface area contributed by atoms with Gasteiger partial charge in [0.15, 0.2) is 11.6 Å². The van der Waals surface area contributed by atoms with Gasteiger partial charge in [0.05, 0.1) is 16.8 Å². The van der Waals surface area contributed by atoms with Crippen molar-refractivity contribution in [1.82, 2.24) is 24.9 Å². The molecule has 4 rings (SSSR count). The van der Waals surface area contributed by atoms with E-state index >= 15 is 0 Å². The highest BCUT2D eigenvalue weighted by Crippen LogP contribution is 2.34. The molecule has 142 valence electrons. The van der Waals surface area contributed by atoms with E-state index in [9.17, 15) is 8.78 Å². The van der Waals surface area contributed by atoms with E-state index in [0.29, 0.717) is 11.5 Å². The van der Waals surface area contributed by atoms with Crippen LogP contribution in [0.1, 0.15) is 5.69 Å². The van der Waals surface area contributed by atoms with E-state index in [1.54, 1.807) is 19.2 Å². The number of aromatic nitrogens is 5. The van der Waals surface area contributed by atoms with Gasteiger partial charge in [0, 0.05) is 24.5 Å². The number of rotatable bonds is 4. The highest BCUT2D eigenvalue weighted by Gasteiger charge is 2.19.